The van der Waals surface area contributed by atoms with E-state index in [1.807, 2.05) is 0 Å². The lowest BCUT2D eigenvalue weighted by atomic mass is 10.1. The van der Waals surface area contributed by atoms with Gasteiger partial charge in [-0.1, -0.05) is 13.8 Å². The zero-order valence-corrected chi connectivity index (χ0v) is 8.47. The Balaban J connectivity index is 2.07. The molecule has 2 heteroatoms. The van der Waals surface area contributed by atoms with Crippen molar-refractivity contribution < 1.29 is 4.74 Å². The summed E-state index contributed by atoms with van der Waals surface area (Å²) < 4.78 is 5.52. The van der Waals surface area contributed by atoms with Gasteiger partial charge in [0, 0.05) is 19.2 Å². The van der Waals surface area contributed by atoms with Gasteiger partial charge >= 0.3 is 0 Å². The monoisotopic (exact) mass is 171 g/mol. The SMILES string of the molecule is CC(C)C(C)NCC1CCCO1. The smallest absolute Gasteiger partial charge is 0.0700 e. The van der Waals surface area contributed by atoms with Crippen LogP contribution >= 0.6 is 0 Å². The van der Waals surface area contributed by atoms with Crippen molar-refractivity contribution in [3.63, 3.8) is 0 Å². The highest BCUT2D eigenvalue weighted by atomic mass is 16.5. The van der Waals surface area contributed by atoms with Gasteiger partial charge in [-0.3, -0.25) is 0 Å². The largest absolute Gasteiger partial charge is 0.377 e. The molecule has 0 aromatic rings. The molecule has 0 spiro atoms. The Hall–Kier alpha value is -0.0800. The number of hydrogen-bond acceptors (Lipinski definition) is 2. The van der Waals surface area contributed by atoms with E-state index in [1.54, 1.807) is 0 Å². The molecule has 0 amide bonds. The van der Waals surface area contributed by atoms with E-state index in [4.69, 9.17) is 4.74 Å². The minimum absolute atomic E-state index is 0.478. The third-order valence-electron chi connectivity index (χ3n) is 2.69. The summed E-state index contributed by atoms with van der Waals surface area (Å²) in [4.78, 5) is 0. The van der Waals surface area contributed by atoms with E-state index in [0.717, 1.165) is 13.2 Å². The lowest BCUT2D eigenvalue weighted by Crippen LogP contribution is -2.36. The van der Waals surface area contributed by atoms with Crippen molar-refractivity contribution in [2.24, 2.45) is 5.92 Å². The molecule has 1 aliphatic rings. The standard InChI is InChI=1S/C10H21NO/c1-8(2)9(3)11-7-10-5-4-6-12-10/h8-11H,4-7H2,1-3H3. The van der Waals surface area contributed by atoms with Crippen LogP contribution in [0.1, 0.15) is 33.6 Å². The fourth-order valence-electron chi connectivity index (χ4n) is 1.36. The lowest BCUT2D eigenvalue weighted by Gasteiger charge is -2.19. The Kier molecular flexibility index (Phi) is 4.02. The van der Waals surface area contributed by atoms with E-state index in [9.17, 15) is 0 Å². The predicted molar refractivity (Wildman–Crippen MR) is 51.3 cm³/mol. The van der Waals surface area contributed by atoms with Crippen LogP contribution in [0.5, 0.6) is 0 Å². The minimum Gasteiger partial charge on any atom is -0.377 e. The first-order chi connectivity index (χ1) is 5.70. The van der Waals surface area contributed by atoms with Gasteiger partial charge in [0.05, 0.1) is 6.10 Å². The second-order valence-electron chi connectivity index (χ2n) is 4.08. The molecular formula is C10H21NO. The van der Waals surface area contributed by atoms with Crippen molar-refractivity contribution in [3.8, 4) is 0 Å². The third kappa shape index (κ3) is 3.11. The summed E-state index contributed by atoms with van der Waals surface area (Å²) >= 11 is 0. The Labute approximate surface area is 75.7 Å². The molecule has 0 bridgehead atoms. The van der Waals surface area contributed by atoms with Gasteiger partial charge in [0.15, 0.2) is 0 Å². The second-order valence-corrected chi connectivity index (χ2v) is 4.08. The first kappa shape index (κ1) is 10.0. The van der Waals surface area contributed by atoms with E-state index >= 15 is 0 Å². The van der Waals surface area contributed by atoms with Crippen molar-refractivity contribution in [2.75, 3.05) is 13.2 Å². The summed E-state index contributed by atoms with van der Waals surface area (Å²) in [5.41, 5.74) is 0. The number of rotatable bonds is 4. The molecule has 12 heavy (non-hydrogen) atoms. The number of hydrogen-bond donors (Lipinski definition) is 1. The van der Waals surface area contributed by atoms with Crippen LogP contribution in [0.3, 0.4) is 0 Å². The quantitative estimate of drug-likeness (QED) is 0.696. The zero-order chi connectivity index (χ0) is 8.97. The maximum absolute atomic E-state index is 5.52. The highest BCUT2D eigenvalue weighted by Crippen LogP contribution is 2.11. The molecule has 1 heterocycles. The van der Waals surface area contributed by atoms with Gasteiger partial charge in [0.1, 0.15) is 0 Å². The molecule has 0 radical (unpaired) electrons. The van der Waals surface area contributed by atoms with Gasteiger partial charge in [0.25, 0.3) is 0 Å². The molecule has 0 aromatic carbocycles. The molecule has 2 nitrogen and oxygen atoms in total. The molecule has 0 aliphatic carbocycles. The van der Waals surface area contributed by atoms with Crippen LogP contribution in [0.2, 0.25) is 0 Å². The first-order valence-electron chi connectivity index (χ1n) is 5.05. The summed E-state index contributed by atoms with van der Waals surface area (Å²) in [5, 5.41) is 3.50. The fourth-order valence-corrected chi connectivity index (χ4v) is 1.36. The third-order valence-corrected chi connectivity index (χ3v) is 2.69. The van der Waals surface area contributed by atoms with E-state index in [0.29, 0.717) is 18.1 Å². The molecule has 1 fully saturated rings. The topological polar surface area (TPSA) is 21.3 Å². The molecule has 0 saturated carbocycles. The molecule has 72 valence electrons. The van der Waals surface area contributed by atoms with Crippen molar-refractivity contribution in [1.82, 2.24) is 5.32 Å². The minimum atomic E-state index is 0.478. The van der Waals surface area contributed by atoms with Gasteiger partial charge in [-0.15, -0.1) is 0 Å². The Morgan fingerprint density at radius 1 is 1.42 bits per heavy atom. The van der Waals surface area contributed by atoms with Crippen molar-refractivity contribution in [1.29, 1.82) is 0 Å². The summed E-state index contributed by atoms with van der Waals surface area (Å²) in [6.45, 7) is 8.71. The van der Waals surface area contributed by atoms with Gasteiger partial charge in [-0.25, -0.2) is 0 Å². The zero-order valence-electron chi connectivity index (χ0n) is 8.47. The maximum atomic E-state index is 5.52. The maximum Gasteiger partial charge on any atom is 0.0700 e. The Morgan fingerprint density at radius 2 is 2.17 bits per heavy atom. The average Bonchev–Trinajstić information content (AvgIpc) is 2.51. The molecule has 1 N–H and O–H groups in total. The van der Waals surface area contributed by atoms with Crippen LogP contribution < -0.4 is 5.32 Å². The normalized spacial score (nSPS) is 26.5. The van der Waals surface area contributed by atoms with Gasteiger partial charge in [0.2, 0.25) is 0 Å². The molecular weight excluding hydrogens is 150 g/mol. The van der Waals surface area contributed by atoms with E-state index in [-0.39, 0.29) is 0 Å². The summed E-state index contributed by atoms with van der Waals surface area (Å²) in [7, 11) is 0. The molecule has 1 aliphatic heterocycles. The molecule has 0 aromatic heterocycles. The van der Waals surface area contributed by atoms with Gasteiger partial charge in [-0.05, 0) is 25.7 Å². The van der Waals surface area contributed by atoms with Crippen molar-refractivity contribution >= 4 is 0 Å². The van der Waals surface area contributed by atoms with Crippen LogP contribution in [0, 0.1) is 5.92 Å². The van der Waals surface area contributed by atoms with Crippen LogP contribution in [-0.4, -0.2) is 25.3 Å². The molecule has 2 unspecified atom stereocenters. The highest BCUT2D eigenvalue weighted by molar-refractivity contribution is 4.71. The molecule has 1 saturated heterocycles. The number of ether oxygens (including phenoxy) is 1. The molecule has 2 atom stereocenters. The van der Waals surface area contributed by atoms with Crippen molar-refractivity contribution in [2.45, 2.75) is 45.8 Å². The summed E-state index contributed by atoms with van der Waals surface area (Å²) in [6, 6.07) is 0.606. The van der Waals surface area contributed by atoms with Gasteiger partial charge < -0.3 is 10.1 Å². The number of nitrogens with one attached hydrogen (secondary N) is 1. The Morgan fingerprint density at radius 3 is 2.67 bits per heavy atom. The highest BCUT2D eigenvalue weighted by Gasteiger charge is 2.16. The van der Waals surface area contributed by atoms with Gasteiger partial charge in [-0.2, -0.15) is 0 Å². The lowest BCUT2D eigenvalue weighted by molar-refractivity contribution is 0.106. The van der Waals surface area contributed by atoms with E-state index in [1.165, 1.54) is 12.8 Å². The van der Waals surface area contributed by atoms with Crippen LogP contribution in [-0.2, 0) is 4.74 Å². The molecule has 1 rings (SSSR count). The predicted octanol–water partition coefficient (Wildman–Crippen LogP) is 1.80. The Bertz CT molecular complexity index is 117. The second kappa shape index (κ2) is 4.83. The summed E-state index contributed by atoms with van der Waals surface area (Å²) in [6.07, 6.45) is 2.95. The van der Waals surface area contributed by atoms with Crippen molar-refractivity contribution in [3.05, 3.63) is 0 Å². The summed E-state index contributed by atoms with van der Waals surface area (Å²) in [5.74, 6) is 0.714. The van der Waals surface area contributed by atoms with Crippen LogP contribution in [0.25, 0.3) is 0 Å². The fraction of sp³-hybridized carbons (Fsp3) is 1.00. The first-order valence-corrected chi connectivity index (χ1v) is 5.05. The average molecular weight is 171 g/mol. The van der Waals surface area contributed by atoms with Crippen LogP contribution in [0.4, 0.5) is 0 Å². The van der Waals surface area contributed by atoms with E-state index in [2.05, 4.69) is 26.1 Å². The van der Waals surface area contributed by atoms with E-state index < -0.39 is 0 Å². The van der Waals surface area contributed by atoms with Crippen LogP contribution in [0.15, 0.2) is 0 Å².